The fourth-order valence-electron chi connectivity index (χ4n) is 2.06. The molecule has 1 atom stereocenters. The maximum atomic E-state index is 11.1. The molecule has 1 saturated carbocycles. The fourth-order valence-corrected chi connectivity index (χ4v) is 2.53. The first kappa shape index (κ1) is 14.3. The van der Waals surface area contributed by atoms with E-state index in [0.29, 0.717) is 22.6 Å². The third-order valence-corrected chi connectivity index (χ3v) is 3.86. The molecular formula is C13H16BrNO4. The van der Waals surface area contributed by atoms with Gasteiger partial charge >= 0.3 is 5.69 Å². The van der Waals surface area contributed by atoms with Gasteiger partial charge in [0.2, 0.25) is 5.75 Å². The van der Waals surface area contributed by atoms with Gasteiger partial charge < -0.3 is 9.84 Å². The van der Waals surface area contributed by atoms with E-state index < -0.39 is 11.0 Å². The molecular weight excluding hydrogens is 314 g/mol. The molecule has 0 unspecified atom stereocenters. The van der Waals surface area contributed by atoms with E-state index >= 15 is 0 Å². The van der Waals surface area contributed by atoms with Crippen LogP contribution in [0, 0.1) is 16.0 Å². The molecule has 0 radical (unpaired) electrons. The lowest BCUT2D eigenvalue weighted by Gasteiger charge is -2.25. The minimum Gasteiger partial charge on any atom is -0.486 e. The van der Waals surface area contributed by atoms with Gasteiger partial charge in [0, 0.05) is 16.1 Å². The summed E-state index contributed by atoms with van der Waals surface area (Å²) in [6.07, 6.45) is 2.59. The Morgan fingerprint density at radius 2 is 2.26 bits per heavy atom. The summed E-state index contributed by atoms with van der Waals surface area (Å²) in [5, 5.41) is 20.8. The molecule has 0 bridgehead atoms. The van der Waals surface area contributed by atoms with E-state index in [0.717, 1.165) is 12.8 Å². The highest BCUT2D eigenvalue weighted by molar-refractivity contribution is 9.10. The normalized spacial score (nSPS) is 16.8. The lowest BCUT2D eigenvalue weighted by Crippen LogP contribution is -2.20. The van der Waals surface area contributed by atoms with Crippen LogP contribution in [0.25, 0.3) is 0 Å². The van der Waals surface area contributed by atoms with E-state index in [-0.39, 0.29) is 11.4 Å². The molecule has 1 aromatic carbocycles. The number of aliphatic hydroxyl groups is 1. The van der Waals surface area contributed by atoms with Crippen molar-refractivity contribution in [3.05, 3.63) is 32.3 Å². The van der Waals surface area contributed by atoms with Gasteiger partial charge in [0.15, 0.2) is 0 Å². The first-order valence-corrected chi connectivity index (χ1v) is 7.07. The molecule has 0 spiro atoms. The summed E-state index contributed by atoms with van der Waals surface area (Å²) >= 11 is 3.22. The van der Waals surface area contributed by atoms with E-state index in [1.54, 1.807) is 13.0 Å². The van der Waals surface area contributed by atoms with Crippen LogP contribution in [-0.4, -0.2) is 16.6 Å². The second-order valence-corrected chi connectivity index (χ2v) is 5.80. The fraction of sp³-hybridized carbons (Fsp3) is 0.538. The Morgan fingerprint density at radius 3 is 2.74 bits per heavy atom. The molecule has 1 aromatic rings. The highest BCUT2D eigenvalue weighted by Gasteiger charge is 2.25. The van der Waals surface area contributed by atoms with Gasteiger partial charge in [0.05, 0.1) is 17.6 Å². The Labute approximate surface area is 119 Å². The van der Waals surface area contributed by atoms with Gasteiger partial charge in [-0.3, -0.25) is 10.1 Å². The van der Waals surface area contributed by atoms with Gasteiger partial charge in [0.25, 0.3) is 0 Å². The molecule has 0 heterocycles. The Balaban J connectivity index is 2.32. The predicted octanol–water partition coefficient (Wildman–Crippen LogP) is 3.59. The van der Waals surface area contributed by atoms with Crippen molar-refractivity contribution in [3.63, 3.8) is 0 Å². The number of rotatable bonds is 5. The van der Waals surface area contributed by atoms with Gasteiger partial charge in [-0.05, 0) is 31.7 Å². The van der Waals surface area contributed by atoms with Crippen molar-refractivity contribution in [2.24, 2.45) is 5.92 Å². The zero-order valence-corrected chi connectivity index (χ0v) is 12.2. The summed E-state index contributed by atoms with van der Waals surface area (Å²) in [5.41, 5.74) is 0.338. The van der Waals surface area contributed by atoms with Crippen LogP contribution in [0.1, 0.15) is 37.9 Å². The average molecular weight is 330 g/mol. The molecule has 5 nitrogen and oxygen atoms in total. The highest BCUT2D eigenvalue weighted by atomic mass is 79.9. The third-order valence-electron chi connectivity index (χ3n) is 3.40. The van der Waals surface area contributed by atoms with Crippen LogP contribution in [-0.2, 0) is 0 Å². The summed E-state index contributed by atoms with van der Waals surface area (Å²) in [4.78, 5) is 10.6. The van der Waals surface area contributed by atoms with Crippen molar-refractivity contribution in [2.75, 3.05) is 6.61 Å². The zero-order chi connectivity index (χ0) is 14.0. The van der Waals surface area contributed by atoms with Crippen molar-refractivity contribution in [1.29, 1.82) is 0 Å². The van der Waals surface area contributed by atoms with Crippen LogP contribution >= 0.6 is 15.9 Å². The van der Waals surface area contributed by atoms with Gasteiger partial charge in [-0.1, -0.05) is 22.4 Å². The molecule has 2 rings (SSSR count). The molecule has 6 heteroatoms. The largest absolute Gasteiger partial charge is 0.486 e. The standard InChI is InChI=1S/C13H16BrNO4/c1-8(16)11-5-10(14)6-12(15(17)18)13(11)19-7-9-3-2-4-9/h5-6,8-9,16H,2-4,7H2,1H3/t8-/m1/s1. The molecule has 1 aliphatic rings. The highest BCUT2D eigenvalue weighted by Crippen LogP contribution is 2.39. The number of nitrogens with zero attached hydrogens (tertiary/aromatic N) is 1. The lowest BCUT2D eigenvalue weighted by atomic mass is 9.86. The maximum absolute atomic E-state index is 11.1. The molecule has 0 aromatic heterocycles. The van der Waals surface area contributed by atoms with Crippen LogP contribution in [0.3, 0.4) is 0 Å². The van der Waals surface area contributed by atoms with Crippen molar-refractivity contribution in [2.45, 2.75) is 32.3 Å². The molecule has 1 N–H and O–H groups in total. The molecule has 0 amide bonds. The lowest BCUT2D eigenvalue weighted by molar-refractivity contribution is -0.386. The van der Waals surface area contributed by atoms with Crippen molar-refractivity contribution in [1.82, 2.24) is 0 Å². The zero-order valence-electron chi connectivity index (χ0n) is 10.6. The van der Waals surface area contributed by atoms with Gasteiger partial charge in [0.1, 0.15) is 0 Å². The number of aliphatic hydroxyl groups excluding tert-OH is 1. The van der Waals surface area contributed by atoms with Gasteiger partial charge in [-0.2, -0.15) is 0 Å². The molecule has 1 aliphatic carbocycles. The average Bonchev–Trinajstić information content (AvgIpc) is 2.27. The van der Waals surface area contributed by atoms with E-state index in [2.05, 4.69) is 15.9 Å². The van der Waals surface area contributed by atoms with Gasteiger partial charge in [-0.25, -0.2) is 0 Å². The predicted molar refractivity (Wildman–Crippen MR) is 74.3 cm³/mol. The Morgan fingerprint density at radius 1 is 1.58 bits per heavy atom. The van der Waals surface area contributed by atoms with Gasteiger partial charge in [-0.15, -0.1) is 0 Å². The molecule has 104 valence electrons. The number of nitro benzene ring substituents is 1. The van der Waals surface area contributed by atoms with E-state index in [1.807, 2.05) is 0 Å². The van der Waals surface area contributed by atoms with Crippen molar-refractivity contribution >= 4 is 21.6 Å². The second-order valence-electron chi connectivity index (χ2n) is 4.88. The Hall–Kier alpha value is -1.14. The number of benzene rings is 1. The smallest absolute Gasteiger partial charge is 0.312 e. The van der Waals surface area contributed by atoms with Crippen LogP contribution in [0.15, 0.2) is 16.6 Å². The third kappa shape index (κ3) is 3.25. The van der Waals surface area contributed by atoms with E-state index in [4.69, 9.17) is 4.74 Å². The second kappa shape index (κ2) is 5.88. The van der Waals surface area contributed by atoms with Crippen LogP contribution in [0.2, 0.25) is 0 Å². The number of hydrogen-bond donors (Lipinski definition) is 1. The maximum Gasteiger partial charge on any atom is 0.312 e. The molecule has 0 aliphatic heterocycles. The quantitative estimate of drug-likeness (QED) is 0.661. The summed E-state index contributed by atoms with van der Waals surface area (Å²) in [6, 6.07) is 3.07. The van der Waals surface area contributed by atoms with Crippen molar-refractivity contribution < 1.29 is 14.8 Å². The summed E-state index contributed by atoms with van der Waals surface area (Å²) < 4.78 is 6.19. The summed E-state index contributed by atoms with van der Waals surface area (Å²) in [6.45, 7) is 2.05. The number of halogens is 1. The summed E-state index contributed by atoms with van der Waals surface area (Å²) in [5.74, 6) is 0.667. The Bertz CT molecular complexity index is 486. The summed E-state index contributed by atoms with van der Waals surface area (Å²) in [7, 11) is 0. The first-order chi connectivity index (χ1) is 8.99. The first-order valence-electron chi connectivity index (χ1n) is 6.27. The molecule has 1 fully saturated rings. The number of ether oxygens (including phenoxy) is 1. The molecule has 0 saturated heterocycles. The monoisotopic (exact) mass is 329 g/mol. The van der Waals surface area contributed by atoms with Crippen LogP contribution < -0.4 is 4.74 Å². The minimum absolute atomic E-state index is 0.107. The van der Waals surface area contributed by atoms with E-state index in [9.17, 15) is 15.2 Å². The van der Waals surface area contributed by atoms with E-state index in [1.165, 1.54) is 12.5 Å². The van der Waals surface area contributed by atoms with Crippen LogP contribution in [0.4, 0.5) is 5.69 Å². The Kier molecular flexibility index (Phi) is 4.42. The molecule has 19 heavy (non-hydrogen) atoms. The minimum atomic E-state index is -0.812. The topological polar surface area (TPSA) is 72.6 Å². The SMILES string of the molecule is C[C@@H](O)c1cc(Br)cc([N+](=O)[O-])c1OCC1CCC1. The van der Waals surface area contributed by atoms with Crippen LogP contribution in [0.5, 0.6) is 5.75 Å². The van der Waals surface area contributed by atoms with Crippen molar-refractivity contribution in [3.8, 4) is 5.75 Å². The number of hydrogen-bond acceptors (Lipinski definition) is 4. The number of nitro groups is 1.